The molecule has 4 nitrogen and oxygen atoms in total. The third-order valence-electron chi connectivity index (χ3n) is 3.77. The van der Waals surface area contributed by atoms with Gasteiger partial charge in [0.2, 0.25) is 0 Å². The number of rotatable bonds is 5. The van der Waals surface area contributed by atoms with Crippen molar-refractivity contribution in [2.75, 3.05) is 13.2 Å². The maximum absolute atomic E-state index is 5.78. The fourth-order valence-electron chi connectivity index (χ4n) is 2.71. The van der Waals surface area contributed by atoms with Crippen LogP contribution in [0.2, 0.25) is 0 Å². The lowest BCUT2D eigenvalue weighted by molar-refractivity contribution is 0.352. The van der Waals surface area contributed by atoms with Crippen molar-refractivity contribution >= 4 is 15.9 Å². The van der Waals surface area contributed by atoms with Gasteiger partial charge in [0.1, 0.15) is 5.75 Å². The smallest absolute Gasteiger partial charge is 0.127 e. The number of aryl methyl sites for hydroxylation is 1. The van der Waals surface area contributed by atoms with Gasteiger partial charge in [0.15, 0.2) is 0 Å². The Morgan fingerprint density at radius 1 is 1.38 bits per heavy atom. The Balaban J connectivity index is 1.84. The molecule has 112 valence electrons. The van der Waals surface area contributed by atoms with E-state index < -0.39 is 0 Å². The summed E-state index contributed by atoms with van der Waals surface area (Å²) in [5.74, 6) is 1.04. The summed E-state index contributed by atoms with van der Waals surface area (Å²) in [5.41, 5.74) is 4.82. The van der Waals surface area contributed by atoms with Gasteiger partial charge in [-0.25, -0.2) is 0 Å². The Kier molecular flexibility index (Phi) is 4.31. The second-order valence-corrected chi connectivity index (χ2v) is 6.28. The third-order valence-corrected chi connectivity index (χ3v) is 4.23. The second kappa shape index (κ2) is 6.20. The van der Waals surface area contributed by atoms with Crippen LogP contribution in [0.3, 0.4) is 0 Å². The number of halogens is 1. The standard InChI is InChI=1S/C16H20BrN3O/c1-3-18-8-14-10-20(19-11(14)2)9-13-7-15(17)6-12-4-5-21-16(12)13/h6-7,10,18H,3-5,8-9H2,1-2H3. The van der Waals surface area contributed by atoms with Crippen molar-refractivity contribution in [2.24, 2.45) is 0 Å². The van der Waals surface area contributed by atoms with E-state index in [4.69, 9.17) is 4.74 Å². The zero-order chi connectivity index (χ0) is 14.8. The lowest BCUT2D eigenvalue weighted by Crippen LogP contribution is -2.11. The molecule has 1 N–H and O–H groups in total. The largest absolute Gasteiger partial charge is 0.493 e. The van der Waals surface area contributed by atoms with Crippen molar-refractivity contribution in [3.05, 3.63) is 45.2 Å². The van der Waals surface area contributed by atoms with Gasteiger partial charge in [-0.05, 0) is 31.2 Å². The quantitative estimate of drug-likeness (QED) is 0.901. The molecule has 1 aliphatic rings. The van der Waals surface area contributed by atoms with Crippen LogP contribution in [0, 0.1) is 6.92 Å². The third kappa shape index (κ3) is 3.14. The predicted molar refractivity (Wildman–Crippen MR) is 86.8 cm³/mol. The van der Waals surface area contributed by atoms with Gasteiger partial charge in [-0.2, -0.15) is 5.10 Å². The number of nitrogens with zero attached hydrogens (tertiary/aromatic N) is 2. The average Bonchev–Trinajstić information content (AvgIpc) is 3.03. The Morgan fingerprint density at radius 2 is 2.24 bits per heavy atom. The molecule has 1 aromatic heterocycles. The van der Waals surface area contributed by atoms with Crippen LogP contribution in [0.4, 0.5) is 0 Å². The van der Waals surface area contributed by atoms with Crippen molar-refractivity contribution < 1.29 is 4.74 Å². The molecule has 0 aliphatic carbocycles. The minimum absolute atomic E-state index is 0.745. The first kappa shape index (κ1) is 14.6. The highest BCUT2D eigenvalue weighted by atomic mass is 79.9. The molecule has 2 aromatic rings. The van der Waals surface area contributed by atoms with Crippen molar-refractivity contribution in [3.8, 4) is 5.75 Å². The molecular formula is C16H20BrN3O. The van der Waals surface area contributed by atoms with Crippen LogP contribution in [-0.4, -0.2) is 22.9 Å². The van der Waals surface area contributed by atoms with Crippen molar-refractivity contribution in [1.29, 1.82) is 0 Å². The lowest BCUT2D eigenvalue weighted by Gasteiger charge is -2.09. The summed E-state index contributed by atoms with van der Waals surface area (Å²) >= 11 is 3.59. The Bertz CT molecular complexity index is 651. The van der Waals surface area contributed by atoms with Gasteiger partial charge in [0.05, 0.1) is 18.8 Å². The fourth-order valence-corrected chi connectivity index (χ4v) is 3.26. The number of ether oxygens (including phenoxy) is 1. The minimum atomic E-state index is 0.745. The molecule has 0 unspecified atom stereocenters. The molecule has 0 saturated carbocycles. The first-order valence-electron chi connectivity index (χ1n) is 7.35. The Labute approximate surface area is 133 Å². The number of aromatic nitrogens is 2. The number of benzene rings is 1. The van der Waals surface area contributed by atoms with E-state index in [0.29, 0.717) is 0 Å². The van der Waals surface area contributed by atoms with Crippen LogP contribution >= 0.6 is 15.9 Å². The number of nitrogens with one attached hydrogen (secondary N) is 1. The first-order valence-corrected chi connectivity index (χ1v) is 8.14. The summed E-state index contributed by atoms with van der Waals surface area (Å²) in [6.45, 7) is 7.54. The van der Waals surface area contributed by atoms with Crippen molar-refractivity contribution in [1.82, 2.24) is 15.1 Å². The monoisotopic (exact) mass is 349 g/mol. The van der Waals surface area contributed by atoms with Crippen LogP contribution < -0.4 is 10.1 Å². The molecule has 0 radical (unpaired) electrons. The summed E-state index contributed by atoms with van der Waals surface area (Å²) in [5, 5.41) is 7.97. The van der Waals surface area contributed by atoms with Crippen molar-refractivity contribution in [2.45, 2.75) is 33.4 Å². The van der Waals surface area contributed by atoms with Gasteiger partial charge >= 0.3 is 0 Å². The molecule has 0 amide bonds. The molecule has 0 spiro atoms. The van der Waals surface area contributed by atoms with E-state index in [0.717, 1.165) is 48.6 Å². The van der Waals surface area contributed by atoms with Crippen LogP contribution in [0.1, 0.15) is 29.3 Å². The zero-order valence-corrected chi connectivity index (χ0v) is 14.0. The van der Waals surface area contributed by atoms with Gasteiger partial charge in [-0.3, -0.25) is 4.68 Å². The van der Waals surface area contributed by atoms with Gasteiger partial charge in [0, 0.05) is 34.8 Å². The number of hydrogen-bond acceptors (Lipinski definition) is 3. The topological polar surface area (TPSA) is 39.1 Å². The molecule has 3 rings (SSSR count). The SMILES string of the molecule is CCNCc1cn(Cc2cc(Br)cc3c2OCC3)nc1C. The van der Waals surface area contributed by atoms with E-state index in [9.17, 15) is 0 Å². The normalized spacial score (nSPS) is 13.3. The average molecular weight is 350 g/mol. The van der Waals surface area contributed by atoms with E-state index in [1.807, 2.05) is 4.68 Å². The summed E-state index contributed by atoms with van der Waals surface area (Å²) in [6, 6.07) is 4.28. The maximum Gasteiger partial charge on any atom is 0.127 e. The van der Waals surface area contributed by atoms with E-state index in [-0.39, 0.29) is 0 Å². The maximum atomic E-state index is 5.78. The van der Waals surface area contributed by atoms with Gasteiger partial charge in [0.25, 0.3) is 0 Å². The van der Waals surface area contributed by atoms with Crippen LogP contribution in [0.25, 0.3) is 0 Å². The van der Waals surface area contributed by atoms with E-state index in [1.165, 1.54) is 16.7 Å². The van der Waals surface area contributed by atoms with Gasteiger partial charge in [-0.1, -0.05) is 22.9 Å². The number of hydrogen-bond donors (Lipinski definition) is 1. The lowest BCUT2D eigenvalue weighted by atomic mass is 10.1. The van der Waals surface area contributed by atoms with Crippen LogP contribution in [-0.2, 0) is 19.5 Å². The van der Waals surface area contributed by atoms with Crippen LogP contribution in [0.15, 0.2) is 22.8 Å². The molecular weight excluding hydrogens is 330 g/mol. The minimum Gasteiger partial charge on any atom is -0.493 e. The Morgan fingerprint density at radius 3 is 3.05 bits per heavy atom. The molecule has 1 aromatic carbocycles. The summed E-state index contributed by atoms with van der Waals surface area (Å²) in [6.07, 6.45) is 3.12. The first-order chi connectivity index (χ1) is 10.2. The zero-order valence-electron chi connectivity index (χ0n) is 12.4. The van der Waals surface area contributed by atoms with Gasteiger partial charge < -0.3 is 10.1 Å². The highest BCUT2D eigenvalue weighted by Gasteiger charge is 2.18. The molecule has 0 saturated heterocycles. The van der Waals surface area contributed by atoms with Crippen LogP contribution in [0.5, 0.6) is 5.75 Å². The summed E-state index contributed by atoms with van der Waals surface area (Å²) < 4.78 is 8.90. The Hall–Kier alpha value is -1.33. The predicted octanol–water partition coefficient (Wildman–Crippen LogP) is 3.05. The highest BCUT2D eigenvalue weighted by Crippen LogP contribution is 2.33. The molecule has 1 aliphatic heterocycles. The van der Waals surface area contributed by atoms with Gasteiger partial charge in [-0.15, -0.1) is 0 Å². The van der Waals surface area contributed by atoms with E-state index >= 15 is 0 Å². The molecule has 5 heteroatoms. The van der Waals surface area contributed by atoms with E-state index in [2.05, 4.69) is 58.5 Å². The summed E-state index contributed by atoms with van der Waals surface area (Å²) in [4.78, 5) is 0. The molecule has 0 bridgehead atoms. The molecule has 21 heavy (non-hydrogen) atoms. The molecule has 0 atom stereocenters. The highest BCUT2D eigenvalue weighted by molar-refractivity contribution is 9.10. The number of fused-ring (bicyclic) bond motifs is 1. The molecule has 2 heterocycles. The van der Waals surface area contributed by atoms with E-state index in [1.54, 1.807) is 0 Å². The van der Waals surface area contributed by atoms with Crippen molar-refractivity contribution in [3.63, 3.8) is 0 Å². The summed E-state index contributed by atoms with van der Waals surface area (Å²) in [7, 11) is 0. The second-order valence-electron chi connectivity index (χ2n) is 5.37. The fraction of sp³-hybridized carbons (Fsp3) is 0.438. The molecule has 0 fully saturated rings.